The third-order valence-electron chi connectivity index (χ3n) is 6.51. The Balaban J connectivity index is 1.37. The number of methoxy groups -OCH3 is 1. The van der Waals surface area contributed by atoms with Crippen molar-refractivity contribution in [1.82, 2.24) is 34.6 Å². The summed E-state index contributed by atoms with van der Waals surface area (Å²) >= 11 is 6.29. The molecule has 42 heavy (non-hydrogen) atoms. The summed E-state index contributed by atoms with van der Waals surface area (Å²) in [6, 6.07) is 6.55. The Bertz CT molecular complexity index is 1640. The second-order valence-corrected chi connectivity index (χ2v) is 11.2. The van der Waals surface area contributed by atoms with Gasteiger partial charge in [0.2, 0.25) is 5.91 Å². The van der Waals surface area contributed by atoms with Crippen LogP contribution >= 0.6 is 11.6 Å². The van der Waals surface area contributed by atoms with Gasteiger partial charge >= 0.3 is 6.09 Å². The molecule has 13 nitrogen and oxygen atoms in total. The molecule has 1 atom stereocenters. The first kappa shape index (κ1) is 28.9. The molecule has 3 amide bonds. The molecule has 4 aromatic rings. The molecule has 1 aliphatic heterocycles. The lowest BCUT2D eigenvalue weighted by molar-refractivity contribution is -0.131. The highest BCUT2D eigenvalue weighted by molar-refractivity contribution is 6.31. The number of nitrogens with zero attached hydrogens (tertiary/aromatic N) is 6. The van der Waals surface area contributed by atoms with Gasteiger partial charge in [0.05, 0.1) is 25.0 Å². The summed E-state index contributed by atoms with van der Waals surface area (Å²) in [6.45, 7) is 6.10. The minimum Gasteiger partial charge on any atom is -0.496 e. The molecule has 0 saturated carbocycles. The quantitative estimate of drug-likeness (QED) is 0.330. The molecule has 0 unspecified atom stereocenters. The minimum atomic E-state index is -0.614. The Kier molecular flexibility index (Phi) is 8.03. The van der Waals surface area contributed by atoms with Crippen LogP contribution in [0, 0.1) is 0 Å². The molecule has 0 radical (unpaired) electrons. The lowest BCUT2D eigenvalue weighted by Gasteiger charge is -2.22. The number of anilines is 1. The molecule has 4 heterocycles. The summed E-state index contributed by atoms with van der Waals surface area (Å²) in [5, 5.41) is 15.0. The van der Waals surface area contributed by atoms with E-state index in [1.165, 1.54) is 22.5 Å². The van der Waals surface area contributed by atoms with Gasteiger partial charge < -0.3 is 25.0 Å². The van der Waals surface area contributed by atoms with E-state index in [9.17, 15) is 14.4 Å². The van der Waals surface area contributed by atoms with Crippen molar-refractivity contribution < 1.29 is 23.9 Å². The predicted octanol–water partition coefficient (Wildman–Crippen LogP) is 3.63. The van der Waals surface area contributed by atoms with E-state index in [0.717, 1.165) is 0 Å². The maximum atomic E-state index is 13.3. The number of hydrogen-bond acceptors (Lipinski definition) is 8. The number of likely N-dealkylation sites (tertiary alicyclic amines) is 1. The van der Waals surface area contributed by atoms with Crippen LogP contribution in [0.25, 0.3) is 16.9 Å². The lowest BCUT2D eigenvalue weighted by Crippen LogP contribution is -2.41. The van der Waals surface area contributed by atoms with Crippen LogP contribution in [0.3, 0.4) is 0 Å². The van der Waals surface area contributed by atoms with Gasteiger partial charge in [-0.05, 0) is 51.5 Å². The lowest BCUT2D eigenvalue weighted by atomic mass is 10.1. The van der Waals surface area contributed by atoms with E-state index in [4.69, 9.17) is 21.1 Å². The molecule has 1 aliphatic rings. The summed E-state index contributed by atoms with van der Waals surface area (Å²) in [6.07, 6.45) is 6.36. The first-order chi connectivity index (χ1) is 20.0. The van der Waals surface area contributed by atoms with E-state index in [1.54, 1.807) is 68.5 Å². The van der Waals surface area contributed by atoms with Crippen molar-refractivity contribution in [2.24, 2.45) is 0 Å². The standard InChI is InChI=1S/C28H31ClN8O5/c1-28(2,3)42-27(40)32-18-8-11-35(14-18)23(38)16-36-15-21(24(34-36)19-12-17(29)6-7-22(19)41-4)33-26(39)20-13-31-37-10-5-9-30-25(20)37/h5-7,9-10,12-13,15,18H,8,11,14,16H2,1-4H3,(H,32,40)(H,33,39)/t18-/m1/s1. The SMILES string of the molecule is COc1ccc(Cl)cc1-c1nn(CC(=O)N2CC[C@@H](NC(=O)OC(C)(C)C)C2)cc1NC(=O)c1cnn2cccnc12. The number of halogens is 1. The zero-order valence-corrected chi connectivity index (χ0v) is 24.4. The second-order valence-electron chi connectivity index (χ2n) is 10.8. The van der Waals surface area contributed by atoms with E-state index in [-0.39, 0.29) is 24.1 Å². The fraction of sp³-hybridized carbons (Fsp3) is 0.357. The van der Waals surface area contributed by atoms with Gasteiger partial charge in [-0.15, -0.1) is 0 Å². The van der Waals surface area contributed by atoms with Gasteiger partial charge in [-0.3, -0.25) is 14.3 Å². The number of nitrogens with one attached hydrogen (secondary N) is 2. The zero-order chi connectivity index (χ0) is 30.0. The van der Waals surface area contributed by atoms with Crippen molar-refractivity contribution in [3.05, 3.63) is 59.6 Å². The van der Waals surface area contributed by atoms with Gasteiger partial charge in [0.25, 0.3) is 5.91 Å². The van der Waals surface area contributed by atoms with E-state index in [0.29, 0.717) is 52.9 Å². The third kappa shape index (κ3) is 6.46. The zero-order valence-electron chi connectivity index (χ0n) is 23.6. The number of ether oxygens (including phenoxy) is 2. The Morgan fingerprint density at radius 3 is 2.79 bits per heavy atom. The van der Waals surface area contributed by atoms with Crippen molar-refractivity contribution in [1.29, 1.82) is 0 Å². The Hall–Kier alpha value is -4.65. The number of fused-ring (bicyclic) bond motifs is 1. The molecule has 3 aromatic heterocycles. The fourth-order valence-electron chi connectivity index (χ4n) is 4.65. The topological polar surface area (TPSA) is 145 Å². The van der Waals surface area contributed by atoms with Crippen molar-refractivity contribution in [3.8, 4) is 17.0 Å². The van der Waals surface area contributed by atoms with Crippen molar-refractivity contribution >= 4 is 40.8 Å². The number of carbonyl (C=O) groups is 3. The van der Waals surface area contributed by atoms with Crippen molar-refractivity contribution in [3.63, 3.8) is 0 Å². The number of alkyl carbamates (subject to hydrolysis) is 1. The molecule has 220 valence electrons. The van der Waals surface area contributed by atoms with Crippen LogP contribution in [0.15, 0.2) is 49.1 Å². The number of aromatic nitrogens is 5. The van der Waals surface area contributed by atoms with Crippen LogP contribution in [-0.4, -0.2) is 79.0 Å². The third-order valence-corrected chi connectivity index (χ3v) is 6.74. The van der Waals surface area contributed by atoms with Gasteiger partial charge in [0.1, 0.15) is 29.2 Å². The smallest absolute Gasteiger partial charge is 0.407 e. The maximum Gasteiger partial charge on any atom is 0.407 e. The second kappa shape index (κ2) is 11.7. The van der Waals surface area contributed by atoms with Gasteiger partial charge in [0.15, 0.2) is 5.65 Å². The largest absolute Gasteiger partial charge is 0.496 e. The van der Waals surface area contributed by atoms with Crippen LogP contribution in [0.5, 0.6) is 5.75 Å². The summed E-state index contributed by atoms with van der Waals surface area (Å²) in [5.74, 6) is -0.160. The average Bonchev–Trinajstić information content (AvgIpc) is 3.66. The number of rotatable bonds is 7. The van der Waals surface area contributed by atoms with Gasteiger partial charge in [-0.1, -0.05) is 11.6 Å². The highest BCUT2D eigenvalue weighted by Crippen LogP contribution is 2.36. The van der Waals surface area contributed by atoms with Crippen LogP contribution in [0.2, 0.25) is 5.02 Å². The summed E-state index contributed by atoms with van der Waals surface area (Å²) < 4.78 is 13.8. The Morgan fingerprint density at radius 2 is 2.02 bits per heavy atom. The molecule has 1 aromatic carbocycles. The average molecular weight is 595 g/mol. The van der Waals surface area contributed by atoms with E-state index in [2.05, 4.69) is 25.8 Å². The van der Waals surface area contributed by atoms with Crippen LogP contribution in [0.4, 0.5) is 10.5 Å². The number of benzene rings is 1. The molecule has 2 N–H and O–H groups in total. The number of hydrogen-bond donors (Lipinski definition) is 2. The highest BCUT2D eigenvalue weighted by atomic mass is 35.5. The highest BCUT2D eigenvalue weighted by Gasteiger charge is 2.29. The van der Waals surface area contributed by atoms with Crippen molar-refractivity contribution in [2.75, 3.05) is 25.5 Å². The Labute approximate surface area is 246 Å². The molecule has 0 aliphatic carbocycles. The van der Waals surface area contributed by atoms with Crippen LogP contribution in [0.1, 0.15) is 37.6 Å². The van der Waals surface area contributed by atoms with Crippen LogP contribution < -0.4 is 15.4 Å². The van der Waals surface area contributed by atoms with Gasteiger partial charge in [0, 0.05) is 42.3 Å². The minimum absolute atomic E-state index is 0.0941. The van der Waals surface area contributed by atoms with E-state index < -0.39 is 17.6 Å². The summed E-state index contributed by atoms with van der Waals surface area (Å²) in [5.41, 5.74) is 1.29. The molecule has 14 heteroatoms. The van der Waals surface area contributed by atoms with Crippen LogP contribution in [-0.2, 0) is 16.1 Å². The van der Waals surface area contributed by atoms with Gasteiger partial charge in [-0.2, -0.15) is 10.2 Å². The first-order valence-corrected chi connectivity index (χ1v) is 13.7. The summed E-state index contributed by atoms with van der Waals surface area (Å²) in [7, 11) is 1.52. The molecule has 0 bridgehead atoms. The monoisotopic (exact) mass is 594 g/mol. The maximum absolute atomic E-state index is 13.3. The first-order valence-electron chi connectivity index (χ1n) is 13.3. The summed E-state index contributed by atoms with van der Waals surface area (Å²) in [4.78, 5) is 44.6. The van der Waals surface area contributed by atoms with E-state index >= 15 is 0 Å². The normalized spacial score (nSPS) is 15.1. The molecule has 1 saturated heterocycles. The molecule has 5 rings (SSSR count). The molecule has 0 spiro atoms. The molecular formula is C28H31ClN8O5. The number of carbonyl (C=O) groups excluding carboxylic acids is 3. The van der Waals surface area contributed by atoms with Crippen molar-refractivity contribution in [2.45, 2.75) is 45.4 Å². The fourth-order valence-corrected chi connectivity index (χ4v) is 4.82. The Morgan fingerprint density at radius 1 is 1.21 bits per heavy atom. The molecular weight excluding hydrogens is 564 g/mol. The predicted molar refractivity (Wildman–Crippen MR) is 155 cm³/mol. The van der Waals surface area contributed by atoms with Gasteiger partial charge in [-0.25, -0.2) is 14.3 Å². The molecule has 1 fully saturated rings. The van der Waals surface area contributed by atoms with E-state index in [1.807, 2.05) is 0 Å². The number of amides is 3.